The first-order chi connectivity index (χ1) is 10.5. The number of halogens is 2. The lowest BCUT2D eigenvalue weighted by Crippen LogP contribution is -2.33. The van der Waals surface area contributed by atoms with Crippen molar-refractivity contribution in [3.63, 3.8) is 0 Å². The minimum atomic E-state index is -3.33. The Kier molecular flexibility index (Phi) is 4.86. The predicted molar refractivity (Wildman–Crippen MR) is 92.0 cm³/mol. The number of hydrogen-bond acceptors (Lipinski definition) is 3. The van der Waals surface area contributed by atoms with Gasteiger partial charge in [0.1, 0.15) is 4.33 Å². The number of anilines is 1. The zero-order chi connectivity index (χ0) is 17.3. The van der Waals surface area contributed by atoms with E-state index in [4.69, 9.17) is 23.2 Å². The van der Waals surface area contributed by atoms with Crippen molar-refractivity contribution in [2.24, 2.45) is 5.41 Å². The van der Waals surface area contributed by atoms with Gasteiger partial charge in [0.05, 0.1) is 18.2 Å². The third kappa shape index (κ3) is 4.54. The van der Waals surface area contributed by atoms with Crippen molar-refractivity contribution in [3.8, 4) is 11.8 Å². The number of carbonyl (C=O) groups excluding carboxylic acids is 1. The summed E-state index contributed by atoms with van der Waals surface area (Å²) in [5, 5.41) is 2.67. The lowest BCUT2D eigenvalue weighted by atomic mass is 10.1. The van der Waals surface area contributed by atoms with Crippen LogP contribution < -0.4 is 10.0 Å². The average Bonchev–Trinajstić information content (AvgIpc) is 2.93. The Bertz CT molecular complexity index is 796. The molecule has 23 heavy (non-hydrogen) atoms. The van der Waals surface area contributed by atoms with Gasteiger partial charge in [-0.2, -0.15) is 0 Å². The first kappa shape index (κ1) is 17.9. The highest BCUT2D eigenvalue weighted by Gasteiger charge is 2.67. The first-order valence-electron chi connectivity index (χ1n) is 6.76. The zero-order valence-electron chi connectivity index (χ0n) is 12.6. The molecule has 1 amide bonds. The summed E-state index contributed by atoms with van der Waals surface area (Å²) < 4.78 is 23.7. The fraction of sp³-hybridized carbons (Fsp3) is 0.400. The summed E-state index contributed by atoms with van der Waals surface area (Å²) in [5.74, 6) is 5.43. The molecule has 1 atom stereocenters. The lowest BCUT2D eigenvalue weighted by molar-refractivity contribution is -0.125. The molecule has 0 unspecified atom stereocenters. The van der Waals surface area contributed by atoms with E-state index in [9.17, 15) is 13.2 Å². The van der Waals surface area contributed by atoms with E-state index in [0.717, 1.165) is 6.26 Å². The summed E-state index contributed by atoms with van der Waals surface area (Å²) in [6, 6.07) is 6.67. The van der Waals surface area contributed by atoms with Crippen LogP contribution in [0.3, 0.4) is 0 Å². The third-order valence-electron chi connectivity index (χ3n) is 3.49. The van der Waals surface area contributed by atoms with Gasteiger partial charge in [-0.05, 0) is 31.5 Å². The maximum absolute atomic E-state index is 11.9. The fourth-order valence-corrected chi connectivity index (χ4v) is 3.25. The van der Waals surface area contributed by atoms with E-state index in [-0.39, 0.29) is 12.5 Å². The minimum absolute atomic E-state index is 0.155. The topological polar surface area (TPSA) is 75.3 Å². The van der Waals surface area contributed by atoms with Gasteiger partial charge in [-0.15, -0.1) is 23.2 Å². The van der Waals surface area contributed by atoms with Crippen LogP contribution >= 0.6 is 23.2 Å². The molecule has 1 saturated carbocycles. The quantitative estimate of drug-likeness (QED) is 0.625. The molecule has 0 bridgehead atoms. The van der Waals surface area contributed by atoms with Crippen LogP contribution in [0.2, 0.25) is 0 Å². The maximum Gasteiger partial charge on any atom is 0.229 e. The smallest absolute Gasteiger partial charge is 0.229 e. The van der Waals surface area contributed by atoms with Gasteiger partial charge < -0.3 is 5.32 Å². The zero-order valence-corrected chi connectivity index (χ0v) is 14.9. The van der Waals surface area contributed by atoms with E-state index in [2.05, 4.69) is 21.9 Å². The van der Waals surface area contributed by atoms with Gasteiger partial charge in [0.15, 0.2) is 0 Å². The monoisotopic (exact) mass is 374 g/mol. The second-order valence-electron chi connectivity index (χ2n) is 5.65. The normalized spacial score (nSPS) is 21.7. The summed E-state index contributed by atoms with van der Waals surface area (Å²) in [4.78, 5) is 11.9. The summed E-state index contributed by atoms with van der Waals surface area (Å²) in [7, 11) is -3.33. The van der Waals surface area contributed by atoms with Crippen molar-refractivity contribution in [3.05, 3.63) is 29.8 Å². The Morgan fingerprint density at radius 1 is 1.39 bits per heavy atom. The Labute approximate surface area is 145 Å². The van der Waals surface area contributed by atoms with Crippen LogP contribution in [-0.2, 0) is 14.8 Å². The predicted octanol–water partition coefficient (Wildman–Crippen LogP) is 2.11. The molecule has 1 aliphatic carbocycles. The summed E-state index contributed by atoms with van der Waals surface area (Å²) >= 11 is 11.9. The number of sulfonamides is 1. The van der Waals surface area contributed by atoms with Crippen molar-refractivity contribution < 1.29 is 13.2 Å². The Morgan fingerprint density at radius 3 is 2.61 bits per heavy atom. The molecule has 2 rings (SSSR count). The van der Waals surface area contributed by atoms with Gasteiger partial charge in [-0.25, -0.2) is 8.42 Å². The maximum atomic E-state index is 11.9. The molecule has 0 radical (unpaired) electrons. The molecule has 5 nitrogen and oxygen atoms in total. The number of carbonyl (C=O) groups is 1. The van der Waals surface area contributed by atoms with Crippen molar-refractivity contribution in [2.75, 3.05) is 17.5 Å². The van der Waals surface area contributed by atoms with Gasteiger partial charge in [0.2, 0.25) is 15.9 Å². The van der Waals surface area contributed by atoms with Gasteiger partial charge >= 0.3 is 0 Å². The Hall–Kier alpha value is -1.42. The number of alkyl halides is 2. The summed E-state index contributed by atoms with van der Waals surface area (Å²) in [6.45, 7) is 1.86. The molecule has 124 valence electrons. The van der Waals surface area contributed by atoms with Crippen LogP contribution in [0.4, 0.5) is 5.69 Å². The number of hydrogen-bond donors (Lipinski definition) is 2. The molecule has 0 aliphatic heterocycles. The average molecular weight is 375 g/mol. The van der Waals surface area contributed by atoms with Gasteiger partial charge in [-0.1, -0.05) is 17.9 Å². The van der Waals surface area contributed by atoms with Crippen LogP contribution in [0.25, 0.3) is 0 Å². The number of amides is 1. The van der Waals surface area contributed by atoms with E-state index < -0.39 is 19.8 Å². The number of rotatable bonds is 4. The van der Waals surface area contributed by atoms with Gasteiger partial charge in [0, 0.05) is 11.3 Å². The molecule has 1 aromatic rings. The molecule has 8 heteroatoms. The molecule has 0 saturated heterocycles. The van der Waals surface area contributed by atoms with Crippen molar-refractivity contribution in [1.29, 1.82) is 0 Å². The van der Waals surface area contributed by atoms with E-state index in [1.165, 1.54) is 0 Å². The molecule has 1 fully saturated rings. The summed E-state index contributed by atoms with van der Waals surface area (Å²) in [5.41, 5.74) is 0.300. The highest BCUT2D eigenvalue weighted by molar-refractivity contribution is 7.92. The SMILES string of the molecule is C[C@]1(C(=O)NCC#Cc2cccc(NS(C)(=O)=O)c2)CC1(Cl)Cl. The highest BCUT2D eigenvalue weighted by atomic mass is 35.5. The Morgan fingerprint density at radius 2 is 2.04 bits per heavy atom. The molecule has 0 spiro atoms. The van der Waals surface area contributed by atoms with Crippen molar-refractivity contribution in [1.82, 2.24) is 5.32 Å². The second kappa shape index (κ2) is 6.23. The largest absolute Gasteiger partial charge is 0.345 e. The Balaban J connectivity index is 1.93. The van der Waals surface area contributed by atoms with Crippen molar-refractivity contribution >= 4 is 44.8 Å². The number of nitrogens with one attached hydrogen (secondary N) is 2. The molecule has 0 aromatic heterocycles. The van der Waals surface area contributed by atoms with Crippen LogP contribution in [0, 0.1) is 17.3 Å². The molecular formula is C15H16Cl2N2O3S. The van der Waals surface area contributed by atoms with Crippen molar-refractivity contribution in [2.45, 2.75) is 17.7 Å². The van der Waals surface area contributed by atoms with Crippen LogP contribution in [0.15, 0.2) is 24.3 Å². The third-order valence-corrected chi connectivity index (χ3v) is 5.20. The standard InChI is InChI=1S/C15H16Cl2N2O3S/c1-14(10-15(14,16)17)13(20)18-8-4-6-11-5-3-7-12(9-11)19-23(2,21)22/h3,5,7,9,19H,8,10H2,1-2H3,(H,18,20)/t14-/m1/s1. The van der Waals surface area contributed by atoms with Crippen LogP contribution in [0.1, 0.15) is 18.9 Å². The number of benzene rings is 1. The minimum Gasteiger partial charge on any atom is -0.345 e. The van der Waals surface area contributed by atoms with Gasteiger partial charge in [-0.3, -0.25) is 9.52 Å². The van der Waals surface area contributed by atoms with E-state index >= 15 is 0 Å². The molecule has 2 N–H and O–H groups in total. The van der Waals surface area contributed by atoms with E-state index in [0.29, 0.717) is 17.7 Å². The molecule has 1 aromatic carbocycles. The van der Waals surface area contributed by atoms with Crippen LogP contribution in [0.5, 0.6) is 0 Å². The fourth-order valence-electron chi connectivity index (χ4n) is 1.99. The van der Waals surface area contributed by atoms with E-state index in [1.54, 1.807) is 31.2 Å². The van der Waals surface area contributed by atoms with Gasteiger partial charge in [0.25, 0.3) is 0 Å². The summed E-state index contributed by atoms with van der Waals surface area (Å²) in [6.07, 6.45) is 1.49. The van der Waals surface area contributed by atoms with Crippen LogP contribution in [-0.4, -0.2) is 31.5 Å². The molecule has 1 aliphatic rings. The second-order valence-corrected chi connectivity index (χ2v) is 8.89. The lowest BCUT2D eigenvalue weighted by Gasteiger charge is -2.10. The molecule has 0 heterocycles. The van der Waals surface area contributed by atoms with E-state index in [1.807, 2.05) is 0 Å². The highest BCUT2D eigenvalue weighted by Crippen LogP contribution is 2.63. The molecular weight excluding hydrogens is 359 g/mol. The first-order valence-corrected chi connectivity index (χ1v) is 9.41.